The van der Waals surface area contributed by atoms with Gasteiger partial charge in [-0.25, -0.2) is 4.79 Å². The van der Waals surface area contributed by atoms with Crippen molar-refractivity contribution >= 4 is 6.03 Å². The van der Waals surface area contributed by atoms with Crippen LogP contribution in [-0.2, 0) is 13.0 Å². The number of benzene rings is 1. The van der Waals surface area contributed by atoms with Crippen molar-refractivity contribution in [3.05, 3.63) is 65.5 Å². The molecule has 0 saturated carbocycles. The lowest BCUT2D eigenvalue weighted by molar-refractivity contribution is 0.236. The van der Waals surface area contributed by atoms with Gasteiger partial charge in [0.25, 0.3) is 0 Å². The van der Waals surface area contributed by atoms with Crippen molar-refractivity contribution in [2.75, 3.05) is 0 Å². The number of aromatic nitrogens is 1. The van der Waals surface area contributed by atoms with E-state index in [1.165, 1.54) is 17.5 Å². The van der Waals surface area contributed by atoms with E-state index in [-0.39, 0.29) is 12.1 Å². The number of nitrogens with zero attached hydrogens (tertiary/aromatic N) is 1. The molecule has 2 N–H and O–H groups in total. The summed E-state index contributed by atoms with van der Waals surface area (Å²) in [5, 5.41) is 6.04. The van der Waals surface area contributed by atoms with Gasteiger partial charge in [0.2, 0.25) is 0 Å². The van der Waals surface area contributed by atoms with E-state index in [2.05, 4.69) is 33.8 Å². The fourth-order valence-electron chi connectivity index (χ4n) is 2.96. The van der Waals surface area contributed by atoms with Crippen molar-refractivity contribution in [1.82, 2.24) is 15.6 Å². The molecule has 2 aromatic rings. The molecule has 1 aliphatic carbocycles. The fraction of sp³-hybridized carbons (Fsp3) is 0.333. The van der Waals surface area contributed by atoms with Crippen LogP contribution < -0.4 is 10.6 Å². The molecular weight excluding hydrogens is 274 g/mol. The highest BCUT2D eigenvalue weighted by Crippen LogP contribution is 2.28. The number of amides is 2. The van der Waals surface area contributed by atoms with Crippen LogP contribution in [0, 0.1) is 0 Å². The first-order valence-corrected chi connectivity index (χ1v) is 7.84. The molecule has 1 atom stereocenters. The number of carbonyl (C=O) groups is 1. The van der Waals surface area contributed by atoms with E-state index in [0.717, 1.165) is 24.8 Å². The maximum atomic E-state index is 12.2. The monoisotopic (exact) mass is 295 g/mol. The molecule has 114 valence electrons. The second-order valence-electron chi connectivity index (χ2n) is 5.68. The third-order valence-corrected chi connectivity index (χ3v) is 4.13. The van der Waals surface area contributed by atoms with Gasteiger partial charge in [0.15, 0.2) is 0 Å². The predicted octanol–water partition coefficient (Wildman–Crippen LogP) is 3.35. The zero-order valence-electron chi connectivity index (χ0n) is 12.6. The quantitative estimate of drug-likeness (QED) is 0.853. The Bertz CT molecular complexity index is 627. The first-order chi connectivity index (χ1) is 10.8. The first kappa shape index (κ1) is 14.6. The number of hydrogen-bond acceptors (Lipinski definition) is 2. The molecule has 2 amide bonds. The van der Waals surface area contributed by atoms with Gasteiger partial charge >= 0.3 is 6.03 Å². The van der Waals surface area contributed by atoms with Crippen LogP contribution in [0.15, 0.2) is 48.8 Å². The first-order valence-electron chi connectivity index (χ1n) is 7.84. The van der Waals surface area contributed by atoms with E-state index in [1.807, 2.05) is 18.2 Å². The highest BCUT2D eigenvalue weighted by Gasteiger charge is 2.19. The molecule has 0 aliphatic heterocycles. The molecule has 0 radical (unpaired) electrons. The number of fused-ring (bicyclic) bond motifs is 1. The van der Waals surface area contributed by atoms with Gasteiger partial charge in [-0.2, -0.15) is 0 Å². The van der Waals surface area contributed by atoms with Gasteiger partial charge in [0.1, 0.15) is 0 Å². The van der Waals surface area contributed by atoms with E-state index >= 15 is 0 Å². The van der Waals surface area contributed by atoms with Crippen molar-refractivity contribution in [2.45, 2.75) is 38.3 Å². The van der Waals surface area contributed by atoms with Crippen molar-refractivity contribution in [3.63, 3.8) is 0 Å². The Hall–Kier alpha value is -2.36. The summed E-state index contributed by atoms with van der Waals surface area (Å²) >= 11 is 0. The lowest BCUT2D eigenvalue weighted by Gasteiger charge is -2.19. The van der Waals surface area contributed by atoms with Crippen LogP contribution in [0.1, 0.15) is 42.0 Å². The van der Waals surface area contributed by atoms with Crippen LogP contribution in [0.25, 0.3) is 0 Å². The van der Waals surface area contributed by atoms with Gasteiger partial charge in [-0.15, -0.1) is 0 Å². The SMILES string of the molecule is O=C(NCc1ccncc1)NC1CCCCc2ccccc21. The topological polar surface area (TPSA) is 54.0 Å². The second-order valence-corrected chi connectivity index (χ2v) is 5.68. The second kappa shape index (κ2) is 7.07. The minimum absolute atomic E-state index is 0.108. The Morgan fingerprint density at radius 3 is 2.82 bits per heavy atom. The molecule has 0 spiro atoms. The normalized spacial score (nSPS) is 17.2. The molecule has 0 bridgehead atoms. The van der Waals surface area contributed by atoms with Crippen LogP contribution >= 0.6 is 0 Å². The third kappa shape index (κ3) is 3.64. The molecule has 4 nitrogen and oxygen atoms in total. The minimum atomic E-state index is -0.112. The Morgan fingerprint density at radius 1 is 1.14 bits per heavy atom. The van der Waals surface area contributed by atoms with Gasteiger partial charge in [-0.3, -0.25) is 4.98 Å². The highest BCUT2D eigenvalue weighted by molar-refractivity contribution is 5.74. The molecule has 1 heterocycles. The number of urea groups is 1. The maximum Gasteiger partial charge on any atom is 0.315 e. The zero-order chi connectivity index (χ0) is 15.2. The summed E-state index contributed by atoms with van der Waals surface area (Å²) in [6.45, 7) is 0.517. The molecule has 1 unspecified atom stereocenters. The summed E-state index contributed by atoms with van der Waals surface area (Å²) in [7, 11) is 0. The summed E-state index contributed by atoms with van der Waals surface area (Å²) in [6, 6.07) is 12.2. The molecule has 1 aromatic heterocycles. The van der Waals surface area contributed by atoms with E-state index < -0.39 is 0 Å². The van der Waals surface area contributed by atoms with Gasteiger partial charge in [-0.1, -0.05) is 30.7 Å². The molecular formula is C18H21N3O. The molecule has 0 saturated heterocycles. The van der Waals surface area contributed by atoms with Gasteiger partial charge < -0.3 is 10.6 Å². The molecule has 3 rings (SSSR count). The minimum Gasteiger partial charge on any atom is -0.334 e. The lowest BCUT2D eigenvalue weighted by Crippen LogP contribution is -2.37. The van der Waals surface area contributed by atoms with Gasteiger partial charge in [0, 0.05) is 18.9 Å². The summed E-state index contributed by atoms with van der Waals surface area (Å²) in [5.41, 5.74) is 3.67. The van der Waals surface area contributed by atoms with E-state index in [0.29, 0.717) is 6.54 Å². The van der Waals surface area contributed by atoms with Crippen LogP contribution in [0.4, 0.5) is 4.79 Å². The third-order valence-electron chi connectivity index (χ3n) is 4.13. The van der Waals surface area contributed by atoms with Crippen molar-refractivity contribution in [2.24, 2.45) is 0 Å². The van der Waals surface area contributed by atoms with Crippen molar-refractivity contribution in [3.8, 4) is 0 Å². The molecule has 0 fully saturated rings. The van der Waals surface area contributed by atoms with Crippen LogP contribution in [-0.4, -0.2) is 11.0 Å². The Morgan fingerprint density at radius 2 is 1.95 bits per heavy atom. The molecule has 4 heteroatoms. The average molecular weight is 295 g/mol. The number of aryl methyl sites for hydroxylation is 1. The Labute approximate surface area is 131 Å². The molecule has 22 heavy (non-hydrogen) atoms. The number of carbonyl (C=O) groups excluding carboxylic acids is 1. The van der Waals surface area contributed by atoms with Crippen LogP contribution in [0.2, 0.25) is 0 Å². The Balaban J connectivity index is 1.61. The standard InChI is InChI=1S/C18H21N3O/c22-18(20-13-14-9-11-19-12-10-14)21-17-8-4-2-6-15-5-1-3-7-16(15)17/h1,3,5,7,9-12,17H,2,4,6,8,13H2,(H2,20,21,22). The number of hydrogen-bond donors (Lipinski definition) is 2. The largest absolute Gasteiger partial charge is 0.334 e. The number of rotatable bonds is 3. The lowest BCUT2D eigenvalue weighted by atomic mass is 9.99. The number of nitrogens with one attached hydrogen (secondary N) is 2. The number of pyridine rings is 1. The maximum absolute atomic E-state index is 12.2. The average Bonchev–Trinajstić information content (AvgIpc) is 2.77. The van der Waals surface area contributed by atoms with E-state index in [4.69, 9.17) is 0 Å². The summed E-state index contributed by atoms with van der Waals surface area (Å²) < 4.78 is 0. The zero-order valence-corrected chi connectivity index (χ0v) is 12.6. The summed E-state index contributed by atoms with van der Waals surface area (Å²) in [6.07, 6.45) is 7.90. The smallest absolute Gasteiger partial charge is 0.315 e. The van der Waals surface area contributed by atoms with Crippen molar-refractivity contribution in [1.29, 1.82) is 0 Å². The molecule has 1 aromatic carbocycles. The van der Waals surface area contributed by atoms with E-state index in [1.54, 1.807) is 12.4 Å². The van der Waals surface area contributed by atoms with Crippen LogP contribution in [0.3, 0.4) is 0 Å². The predicted molar refractivity (Wildman–Crippen MR) is 86.3 cm³/mol. The summed E-state index contributed by atoms with van der Waals surface area (Å²) in [4.78, 5) is 16.1. The summed E-state index contributed by atoms with van der Waals surface area (Å²) in [5.74, 6) is 0. The van der Waals surface area contributed by atoms with Crippen LogP contribution in [0.5, 0.6) is 0 Å². The highest BCUT2D eigenvalue weighted by atomic mass is 16.2. The van der Waals surface area contributed by atoms with Gasteiger partial charge in [0.05, 0.1) is 6.04 Å². The van der Waals surface area contributed by atoms with E-state index in [9.17, 15) is 4.79 Å². The fourth-order valence-corrected chi connectivity index (χ4v) is 2.96. The van der Waals surface area contributed by atoms with Crippen molar-refractivity contribution < 1.29 is 4.79 Å². The Kier molecular flexibility index (Phi) is 4.68. The van der Waals surface area contributed by atoms with Gasteiger partial charge in [-0.05, 0) is 48.1 Å². The molecule has 1 aliphatic rings.